The number of rotatable bonds is 5. The standard InChI is InChI=1S/C16H20F3N3O5/c1-4-6-10-15(13(23)24,7-5-8-22(10)14(25)26-3)27-12-9-11(16(17,18)19)21(2)20-12/h4,9-10H,1,5-8H2,2-3H3,(H,23,24). The number of hydrogen-bond donors (Lipinski definition) is 1. The Morgan fingerprint density at radius 2 is 2.19 bits per heavy atom. The van der Waals surface area contributed by atoms with Gasteiger partial charge in [0.1, 0.15) is 5.69 Å². The Kier molecular flexibility index (Phi) is 5.71. The Morgan fingerprint density at radius 3 is 2.67 bits per heavy atom. The quantitative estimate of drug-likeness (QED) is 0.775. The third-order valence-corrected chi connectivity index (χ3v) is 4.46. The van der Waals surface area contributed by atoms with Gasteiger partial charge in [-0.15, -0.1) is 11.7 Å². The van der Waals surface area contributed by atoms with E-state index in [0.717, 1.165) is 14.2 Å². The number of aromatic nitrogens is 2. The normalized spacial score (nSPS) is 23.0. The fourth-order valence-corrected chi connectivity index (χ4v) is 3.25. The Hall–Kier alpha value is -2.72. The maximum Gasteiger partial charge on any atom is 0.433 e. The van der Waals surface area contributed by atoms with Crippen LogP contribution in [0.1, 0.15) is 25.0 Å². The number of ether oxygens (including phenoxy) is 2. The van der Waals surface area contributed by atoms with Gasteiger partial charge in [-0.3, -0.25) is 4.68 Å². The molecule has 8 nitrogen and oxygen atoms in total. The largest absolute Gasteiger partial charge is 0.478 e. The van der Waals surface area contributed by atoms with E-state index in [-0.39, 0.29) is 25.8 Å². The van der Waals surface area contributed by atoms with Gasteiger partial charge >= 0.3 is 18.2 Å². The first kappa shape index (κ1) is 20.6. The first-order chi connectivity index (χ1) is 12.6. The van der Waals surface area contributed by atoms with Crippen molar-refractivity contribution >= 4 is 12.1 Å². The van der Waals surface area contributed by atoms with Crippen molar-refractivity contribution in [2.24, 2.45) is 7.05 Å². The van der Waals surface area contributed by atoms with Gasteiger partial charge < -0.3 is 19.5 Å². The monoisotopic (exact) mass is 391 g/mol. The molecule has 2 heterocycles. The molecule has 1 aliphatic rings. The Bertz CT molecular complexity index is 733. The van der Waals surface area contributed by atoms with E-state index in [0.29, 0.717) is 10.7 Å². The van der Waals surface area contributed by atoms with Crippen molar-refractivity contribution in [3.63, 3.8) is 0 Å². The van der Waals surface area contributed by atoms with Crippen LogP contribution in [0, 0.1) is 0 Å². The number of hydrogen-bond acceptors (Lipinski definition) is 5. The SMILES string of the molecule is C=CCC1N(C(=O)OC)CCCC1(Oc1cc(C(F)(F)F)n(C)n1)C(=O)O. The van der Waals surface area contributed by atoms with E-state index in [1.54, 1.807) is 0 Å². The second kappa shape index (κ2) is 7.49. The molecule has 1 aromatic heterocycles. The lowest BCUT2D eigenvalue weighted by Gasteiger charge is -2.45. The highest BCUT2D eigenvalue weighted by atomic mass is 19.4. The molecule has 2 unspecified atom stereocenters. The van der Waals surface area contributed by atoms with Crippen LogP contribution in [0.2, 0.25) is 0 Å². The van der Waals surface area contributed by atoms with Crippen LogP contribution in [0.5, 0.6) is 5.88 Å². The predicted molar refractivity (Wildman–Crippen MR) is 86.2 cm³/mol. The fourth-order valence-electron chi connectivity index (χ4n) is 3.25. The lowest BCUT2D eigenvalue weighted by Crippen LogP contribution is -2.65. The number of piperidine rings is 1. The summed E-state index contributed by atoms with van der Waals surface area (Å²) in [6.45, 7) is 3.78. The van der Waals surface area contributed by atoms with Crippen molar-refractivity contribution in [2.45, 2.75) is 37.1 Å². The van der Waals surface area contributed by atoms with Crippen LogP contribution in [0.3, 0.4) is 0 Å². The number of halogens is 3. The summed E-state index contributed by atoms with van der Waals surface area (Å²) in [5, 5.41) is 13.5. The molecule has 1 aromatic rings. The minimum atomic E-state index is -4.68. The lowest BCUT2D eigenvalue weighted by atomic mass is 9.82. The molecule has 0 saturated carbocycles. The minimum Gasteiger partial charge on any atom is -0.478 e. The van der Waals surface area contributed by atoms with E-state index >= 15 is 0 Å². The molecule has 0 aromatic carbocycles. The summed E-state index contributed by atoms with van der Waals surface area (Å²) in [7, 11) is 2.23. The molecule has 1 N–H and O–H groups in total. The topological polar surface area (TPSA) is 93.9 Å². The van der Waals surface area contributed by atoms with Crippen LogP contribution in [-0.2, 0) is 22.8 Å². The molecule has 2 atom stereocenters. The molecule has 1 saturated heterocycles. The summed E-state index contributed by atoms with van der Waals surface area (Å²) in [6.07, 6.45) is -3.74. The number of carboxylic acid groups (broad SMARTS) is 1. The zero-order chi connectivity index (χ0) is 20.4. The highest BCUT2D eigenvalue weighted by molar-refractivity contribution is 5.81. The highest BCUT2D eigenvalue weighted by Gasteiger charge is 2.55. The van der Waals surface area contributed by atoms with Gasteiger partial charge in [0.05, 0.1) is 13.2 Å². The second-order valence-corrected chi connectivity index (χ2v) is 6.09. The minimum absolute atomic E-state index is 0.0216. The van der Waals surface area contributed by atoms with Gasteiger partial charge in [0.15, 0.2) is 0 Å². The zero-order valence-electron chi connectivity index (χ0n) is 14.8. The molecule has 27 heavy (non-hydrogen) atoms. The molecular weight excluding hydrogens is 371 g/mol. The van der Waals surface area contributed by atoms with Crippen molar-refractivity contribution in [1.82, 2.24) is 14.7 Å². The van der Waals surface area contributed by atoms with E-state index in [4.69, 9.17) is 9.47 Å². The van der Waals surface area contributed by atoms with Crippen molar-refractivity contribution < 1.29 is 37.3 Å². The number of aryl methyl sites for hydroxylation is 1. The molecule has 1 amide bonds. The Balaban J connectivity index is 2.47. The van der Waals surface area contributed by atoms with Gasteiger partial charge in [0.2, 0.25) is 11.5 Å². The number of carbonyl (C=O) groups is 2. The van der Waals surface area contributed by atoms with Gasteiger partial charge in [-0.2, -0.15) is 13.2 Å². The number of alkyl halides is 3. The molecule has 0 radical (unpaired) electrons. The molecule has 0 aliphatic carbocycles. The summed E-state index contributed by atoms with van der Waals surface area (Å²) in [4.78, 5) is 25.4. The van der Waals surface area contributed by atoms with Gasteiger partial charge in [-0.05, 0) is 12.8 Å². The maximum absolute atomic E-state index is 13.0. The summed E-state index contributed by atoms with van der Waals surface area (Å²) >= 11 is 0. The second-order valence-electron chi connectivity index (χ2n) is 6.09. The summed E-state index contributed by atoms with van der Waals surface area (Å²) in [5.74, 6) is -1.91. The van der Waals surface area contributed by atoms with Crippen molar-refractivity contribution in [1.29, 1.82) is 0 Å². The molecule has 11 heteroatoms. The van der Waals surface area contributed by atoms with Crippen LogP contribution in [0.15, 0.2) is 18.7 Å². The maximum atomic E-state index is 13.0. The number of methoxy groups -OCH3 is 1. The third-order valence-electron chi connectivity index (χ3n) is 4.46. The number of amides is 1. The van der Waals surface area contributed by atoms with Crippen LogP contribution in [0.25, 0.3) is 0 Å². The highest BCUT2D eigenvalue weighted by Crippen LogP contribution is 2.37. The first-order valence-electron chi connectivity index (χ1n) is 8.06. The number of nitrogens with zero attached hydrogens (tertiary/aromatic N) is 3. The average molecular weight is 391 g/mol. The van der Waals surface area contributed by atoms with Crippen LogP contribution < -0.4 is 4.74 Å². The van der Waals surface area contributed by atoms with Crippen LogP contribution in [0.4, 0.5) is 18.0 Å². The van der Waals surface area contributed by atoms with E-state index in [1.807, 2.05) is 0 Å². The molecule has 1 aliphatic heterocycles. The summed E-state index contributed by atoms with van der Waals surface area (Å²) in [5.41, 5.74) is -3.07. The van der Waals surface area contributed by atoms with E-state index in [2.05, 4.69) is 11.7 Å². The van der Waals surface area contributed by atoms with Gasteiger partial charge in [-0.25, -0.2) is 9.59 Å². The lowest BCUT2D eigenvalue weighted by molar-refractivity contribution is -0.166. The summed E-state index contributed by atoms with van der Waals surface area (Å²) < 4.78 is 49.8. The van der Waals surface area contributed by atoms with Gasteiger partial charge in [-0.1, -0.05) is 6.08 Å². The number of aliphatic carboxylic acids is 1. The molecule has 0 bridgehead atoms. The van der Waals surface area contributed by atoms with Gasteiger partial charge in [0, 0.05) is 26.1 Å². The fraction of sp³-hybridized carbons (Fsp3) is 0.562. The molecule has 2 rings (SSSR count). The predicted octanol–water partition coefficient (Wildman–Crippen LogP) is 2.45. The van der Waals surface area contributed by atoms with E-state index < -0.39 is 41.5 Å². The number of carboxylic acids is 1. The Labute approximate surface area is 153 Å². The van der Waals surface area contributed by atoms with Crippen molar-refractivity contribution in [3.8, 4) is 5.88 Å². The number of carbonyl (C=O) groups excluding carboxylic acids is 1. The molecule has 0 spiro atoms. The molecule has 150 valence electrons. The van der Waals surface area contributed by atoms with Crippen molar-refractivity contribution in [3.05, 3.63) is 24.4 Å². The average Bonchev–Trinajstić information content (AvgIpc) is 2.96. The Morgan fingerprint density at radius 1 is 1.52 bits per heavy atom. The molecule has 1 fully saturated rings. The smallest absolute Gasteiger partial charge is 0.433 e. The van der Waals surface area contributed by atoms with E-state index in [9.17, 15) is 27.9 Å². The zero-order valence-corrected chi connectivity index (χ0v) is 14.8. The third kappa shape index (κ3) is 3.86. The van der Waals surface area contributed by atoms with Crippen molar-refractivity contribution in [2.75, 3.05) is 13.7 Å². The number of likely N-dealkylation sites (tertiary alicyclic amines) is 1. The van der Waals surface area contributed by atoms with Gasteiger partial charge in [0.25, 0.3) is 0 Å². The van der Waals surface area contributed by atoms with E-state index in [1.165, 1.54) is 11.0 Å². The summed E-state index contributed by atoms with van der Waals surface area (Å²) in [6, 6.07) is -0.391. The van der Waals surface area contributed by atoms with Crippen LogP contribution in [-0.4, -0.2) is 57.1 Å². The molecular formula is C16H20F3N3O5. The van der Waals surface area contributed by atoms with Crippen LogP contribution >= 0.6 is 0 Å². The first-order valence-corrected chi connectivity index (χ1v) is 8.06.